The van der Waals surface area contributed by atoms with Crippen molar-refractivity contribution in [3.8, 4) is 0 Å². The zero-order valence-corrected chi connectivity index (χ0v) is 12.3. The highest BCUT2D eigenvalue weighted by Gasteiger charge is 2.75. The predicted molar refractivity (Wildman–Crippen MR) is 70.9 cm³/mol. The van der Waals surface area contributed by atoms with E-state index in [2.05, 4.69) is 0 Å². The third kappa shape index (κ3) is 1.23. The molecule has 6 fully saturated rings. The van der Waals surface area contributed by atoms with Crippen LogP contribution in [0, 0.1) is 59.2 Å². The molecule has 6 heteroatoms. The van der Waals surface area contributed by atoms with Gasteiger partial charge in [-0.1, -0.05) is 0 Å². The van der Waals surface area contributed by atoms with Crippen molar-refractivity contribution in [3.63, 3.8) is 0 Å². The Morgan fingerprint density at radius 1 is 0.609 bits per heavy atom. The number of carbonyl (C=O) groups excluding carboxylic acids is 4. The number of rotatable bonds is 0. The van der Waals surface area contributed by atoms with Crippen LogP contribution in [-0.2, 0) is 28.7 Å². The summed E-state index contributed by atoms with van der Waals surface area (Å²) in [5, 5.41) is 0. The van der Waals surface area contributed by atoms with Gasteiger partial charge in [-0.3, -0.25) is 19.2 Å². The van der Waals surface area contributed by atoms with Gasteiger partial charge in [-0.2, -0.15) is 0 Å². The van der Waals surface area contributed by atoms with Gasteiger partial charge in [0.2, 0.25) is 0 Å². The third-order valence-electron chi connectivity index (χ3n) is 7.93. The lowest BCUT2D eigenvalue weighted by atomic mass is 9.58. The lowest BCUT2D eigenvalue weighted by Crippen LogP contribution is -2.49. The van der Waals surface area contributed by atoms with Crippen molar-refractivity contribution in [2.45, 2.75) is 19.3 Å². The molecule has 0 aromatic rings. The number of ether oxygens (including phenoxy) is 2. The van der Waals surface area contributed by atoms with Crippen molar-refractivity contribution in [1.29, 1.82) is 0 Å². The first-order valence-electron chi connectivity index (χ1n) is 8.56. The maximum Gasteiger partial charge on any atom is 0.317 e. The Bertz CT molecular complexity index is 697. The van der Waals surface area contributed by atoms with E-state index in [9.17, 15) is 19.2 Å². The van der Waals surface area contributed by atoms with E-state index in [0.717, 1.165) is 12.8 Å². The SMILES string of the molecule is O=C1CC2C3CC(C2C(=O)O1)C1C3C2CC1[C@@H]1C(=O)OC(=O)[C@H]21. The minimum Gasteiger partial charge on any atom is -0.393 e. The molecule has 120 valence electrons. The Kier molecular flexibility index (Phi) is 2.03. The van der Waals surface area contributed by atoms with Gasteiger partial charge < -0.3 is 9.47 Å². The lowest BCUT2D eigenvalue weighted by molar-refractivity contribution is -0.176. The van der Waals surface area contributed by atoms with Gasteiger partial charge in [-0.15, -0.1) is 0 Å². The Hall–Kier alpha value is -1.72. The predicted octanol–water partition coefficient (Wildman–Crippen LogP) is 0.540. The molecule has 0 radical (unpaired) electrons. The first-order chi connectivity index (χ1) is 11.1. The van der Waals surface area contributed by atoms with E-state index >= 15 is 0 Å². The second-order valence-corrected chi connectivity index (χ2v) is 8.26. The van der Waals surface area contributed by atoms with E-state index in [4.69, 9.17) is 9.47 Å². The Morgan fingerprint density at radius 3 is 1.83 bits per heavy atom. The smallest absolute Gasteiger partial charge is 0.317 e. The highest BCUT2D eigenvalue weighted by molar-refractivity contribution is 5.98. The van der Waals surface area contributed by atoms with E-state index in [1.54, 1.807) is 0 Å². The fourth-order valence-electron chi connectivity index (χ4n) is 7.69. The molecule has 0 amide bonds. The lowest BCUT2D eigenvalue weighted by Gasteiger charge is -2.45. The summed E-state index contributed by atoms with van der Waals surface area (Å²) in [4.78, 5) is 48.0. The summed E-state index contributed by atoms with van der Waals surface area (Å²) in [6.07, 6.45) is 2.18. The minimum atomic E-state index is -0.406. The fraction of sp³-hybridized carbons (Fsp3) is 0.765. The highest BCUT2D eigenvalue weighted by atomic mass is 16.6. The minimum absolute atomic E-state index is 0.0842. The Morgan fingerprint density at radius 2 is 1.13 bits per heavy atom. The molecule has 0 aromatic carbocycles. The third-order valence-corrected chi connectivity index (χ3v) is 7.93. The van der Waals surface area contributed by atoms with Crippen molar-refractivity contribution in [2.24, 2.45) is 59.2 Å². The van der Waals surface area contributed by atoms with Crippen molar-refractivity contribution in [2.75, 3.05) is 0 Å². The van der Waals surface area contributed by atoms with Gasteiger partial charge in [0.05, 0.1) is 17.8 Å². The van der Waals surface area contributed by atoms with Crippen LogP contribution in [0.2, 0.25) is 0 Å². The van der Waals surface area contributed by atoms with Gasteiger partial charge in [0.1, 0.15) is 0 Å². The second kappa shape index (κ2) is 3.68. The topological polar surface area (TPSA) is 86.7 Å². The van der Waals surface area contributed by atoms with Crippen LogP contribution in [0.4, 0.5) is 0 Å². The monoisotopic (exact) mass is 316 g/mol. The summed E-state index contributed by atoms with van der Waals surface area (Å²) in [6.45, 7) is 0. The van der Waals surface area contributed by atoms with Gasteiger partial charge >= 0.3 is 23.9 Å². The molecule has 6 rings (SSSR count). The summed E-state index contributed by atoms with van der Waals surface area (Å²) in [5.74, 6) is -0.475. The van der Waals surface area contributed by atoms with Gasteiger partial charge in [-0.05, 0) is 54.3 Å². The average molecular weight is 316 g/mol. The van der Waals surface area contributed by atoms with Crippen LogP contribution in [0.3, 0.4) is 0 Å². The summed E-state index contributed by atoms with van der Waals surface area (Å²) >= 11 is 0. The molecule has 4 bridgehead atoms. The fourth-order valence-corrected chi connectivity index (χ4v) is 7.69. The molecule has 6 nitrogen and oxygen atoms in total. The maximum atomic E-state index is 12.2. The van der Waals surface area contributed by atoms with Gasteiger partial charge in [0.15, 0.2) is 0 Å². The van der Waals surface area contributed by atoms with Crippen molar-refractivity contribution in [3.05, 3.63) is 0 Å². The number of carbonyl (C=O) groups is 4. The maximum absolute atomic E-state index is 12.2. The van der Waals surface area contributed by atoms with Crippen molar-refractivity contribution >= 4 is 23.9 Å². The van der Waals surface area contributed by atoms with E-state index in [-0.39, 0.29) is 59.3 Å². The van der Waals surface area contributed by atoms with Crippen LogP contribution in [-0.4, -0.2) is 23.9 Å². The molecule has 0 spiro atoms. The molecular formula is C17H16O6. The van der Waals surface area contributed by atoms with Gasteiger partial charge in [-0.25, -0.2) is 0 Å². The molecule has 0 aromatic heterocycles. The largest absolute Gasteiger partial charge is 0.393 e. The first-order valence-corrected chi connectivity index (χ1v) is 8.56. The summed E-state index contributed by atoms with van der Waals surface area (Å²) in [6, 6.07) is 0. The second-order valence-electron chi connectivity index (χ2n) is 8.26. The van der Waals surface area contributed by atoms with Crippen LogP contribution >= 0.6 is 0 Å². The standard InChI is InChI=1S/C17H16O6/c18-9-3-5-4-1-6(12(5)15(19)22-9)11-8-2-7(10(4)11)13-14(8)17(21)23-16(13)20/h4-8,10-14H,1-3H2/t4?,5?,6?,7?,8?,10?,11?,12?,13-,14+/m1/s1. The molecule has 2 saturated heterocycles. The summed E-state index contributed by atoms with van der Waals surface area (Å²) < 4.78 is 9.78. The number of hydrogen-bond acceptors (Lipinski definition) is 6. The Labute approximate surface area is 131 Å². The molecular weight excluding hydrogens is 300 g/mol. The van der Waals surface area contributed by atoms with Gasteiger partial charge in [0, 0.05) is 6.42 Å². The molecule has 2 aliphatic heterocycles. The molecule has 23 heavy (non-hydrogen) atoms. The van der Waals surface area contributed by atoms with Crippen LogP contribution in [0.1, 0.15) is 19.3 Å². The van der Waals surface area contributed by atoms with Crippen molar-refractivity contribution in [1.82, 2.24) is 0 Å². The van der Waals surface area contributed by atoms with Crippen LogP contribution in [0.15, 0.2) is 0 Å². The highest BCUT2D eigenvalue weighted by Crippen LogP contribution is 2.74. The first kappa shape index (κ1) is 12.7. The number of fused-ring (bicyclic) bond motifs is 15. The zero-order valence-electron chi connectivity index (χ0n) is 12.3. The number of esters is 4. The normalized spacial score (nSPS) is 58.1. The molecule has 2 heterocycles. The van der Waals surface area contributed by atoms with Crippen LogP contribution in [0.25, 0.3) is 0 Å². The molecule has 0 N–H and O–H groups in total. The van der Waals surface area contributed by atoms with Crippen LogP contribution < -0.4 is 0 Å². The zero-order chi connectivity index (χ0) is 15.6. The van der Waals surface area contributed by atoms with E-state index < -0.39 is 5.97 Å². The number of hydrogen-bond donors (Lipinski definition) is 0. The van der Waals surface area contributed by atoms with Gasteiger partial charge in [0.25, 0.3) is 0 Å². The van der Waals surface area contributed by atoms with Crippen molar-refractivity contribution < 1.29 is 28.7 Å². The molecule has 4 saturated carbocycles. The van der Waals surface area contributed by atoms with E-state index in [1.807, 2.05) is 0 Å². The number of cyclic esters (lactones) is 4. The summed E-state index contributed by atoms with van der Waals surface area (Å²) in [7, 11) is 0. The van der Waals surface area contributed by atoms with Crippen LogP contribution in [0.5, 0.6) is 0 Å². The Balaban J connectivity index is 1.42. The van der Waals surface area contributed by atoms with E-state index in [1.165, 1.54) is 0 Å². The molecule has 4 aliphatic carbocycles. The molecule has 10 atom stereocenters. The molecule has 8 unspecified atom stereocenters. The molecule has 6 aliphatic rings. The average Bonchev–Trinajstić information content (AvgIpc) is 3.23. The summed E-state index contributed by atoms with van der Waals surface area (Å²) in [5.41, 5.74) is 0. The van der Waals surface area contributed by atoms with E-state index in [0.29, 0.717) is 24.2 Å². The quantitative estimate of drug-likeness (QED) is 0.368.